The number of amides is 1. The van der Waals surface area contributed by atoms with Crippen molar-refractivity contribution in [1.82, 2.24) is 10.6 Å². The molecule has 0 saturated carbocycles. The predicted octanol–water partition coefficient (Wildman–Crippen LogP) is 3.46. The van der Waals surface area contributed by atoms with Crippen LogP contribution in [0.25, 0.3) is 0 Å². The minimum Gasteiger partial charge on any atom is -0.355 e. The van der Waals surface area contributed by atoms with Crippen LogP contribution in [0, 0.1) is 11.8 Å². The van der Waals surface area contributed by atoms with Crippen molar-refractivity contribution in [3.8, 4) is 0 Å². The minimum atomic E-state index is 0.234. The first-order valence-electron chi connectivity index (χ1n) is 9.19. The summed E-state index contributed by atoms with van der Waals surface area (Å²) in [5.41, 5.74) is 1.32. The highest BCUT2D eigenvalue weighted by molar-refractivity contribution is 5.76. The van der Waals surface area contributed by atoms with E-state index in [0.29, 0.717) is 36.3 Å². The second-order valence-electron chi connectivity index (χ2n) is 7.74. The average Bonchev–Trinajstić information content (AvgIpc) is 2.87. The van der Waals surface area contributed by atoms with Crippen molar-refractivity contribution in [3.63, 3.8) is 0 Å². The molecular formula is C20H30N2O. The SMILES string of the molecule is CC(C)C(CNC(=O)CC1CC2CCC(C1)N2)c1ccccc1. The molecule has 2 N–H and O–H groups in total. The number of hydrogen-bond donors (Lipinski definition) is 2. The standard InChI is InChI=1S/C20H30N2O/c1-14(2)19(16-6-4-3-5-7-16)13-21-20(23)12-15-10-17-8-9-18(11-15)22-17/h3-7,14-15,17-19,22H,8-13H2,1-2H3,(H,21,23). The van der Waals surface area contributed by atoms with E-state index in [4.69, 9.17) is 0 Å². The maximum absolute atomic E-state index is 12.4. The summed E-state index contributed by atoms with van der Waals surface area (Å²) in [6.45, 7) is 5.21. The zero-order chi connectivity index (χ0) is 16.2. The molecule has 1 aromatic carbocycles. The molecule has 0 spiro atoms. The number of carbonyl (C=O) groups is 1. The molecule has 1 aromatic rings. The number of benzene rings is 1. The van der Waals surface area contributed by atoms with Crippen molar-refractivity contribution in [2.75, 3.05) is 6.54 Å². The molecule has 0 aliphatic carbocycles. The molecule has 1 amide bonds. The van der Waals surface area contributed by atoms with Crippen molar-refractivity contribution in [2.45, 2.75) is 64.0 Å². The first-order chi connectivity index (χ1) is 11.1. The molecule has 0 aromatic heterocycles. The van der Waals surface area contributed by atoms with Crippen molar-refractivity contribution in [2.24, 2.45) is 11.8 Å². The number of carbonyl (C=O) groups excluding carboxylic acids is 1. The fraction of sp³-hybridized carbons (Fsp3) is 0.650. The maximum Gasteiger partial charge on any atom is 0.220 e. The van der Waals surface area contributed by atoms with Crippen LogP contribution in [0.3, 0.4) is 0 Å². The van der Waals surface area contributed by atoms with Crippen molar-refractivity contribution < 1.29 is 4.79 Å². The largest absolute Gasteiger partial charge is 0.355 e. The molecule has 3 heteroatoms. The van der Waals surface area contributed by atoms with Gasteiger partial charge in [0.2, 0.25) is 5.91 Å². The predicted molar refractivity (Wildman–Crippen MR) is 94.3 cm³/mol. The minimum absolute atomic E-state index is 0.234. The molecule has 3 atom stereocenters. The van der Waals surface area contributed by atoms with Crippen molar-refractivity contribution in [3.05, 3.63) is 35.9 Å². The van der Waals surface area contributed by atoms with E-state index in [2.05, 4.69) is 48.7 Å². The fourth-order valence-corrected chi connectivity index (χ4v) is 4.34. The molecule has 2 aliphatic rings. The van der Waals surface area contributed by atoms with Crippen LogP contribution in [0.1, 0.15) is 57.4 Å². The molecule has 2 saturated heterocycles. The highest BCUT2D eigenvalue weighted by Gasteiger charge is 2.34. The summed E-state index contributed by atoms with van der Waals surface area (Å²) >= 11 is 0. The topological polar surface area (TPSA) is 41.1 Å². The van der Waals surface area contributed by atoms with Crippen LogP contribution in [0.2, 0.25) is 0 Å². The van der Waals surface area contributed by atoms with E-state index < -0.39 is 0 Å². The third-order valence-corrected chi connectivity index (χ3v) is 5.60. The summed E-state index contributed by atoms with van der Waals surface area (Å²) in [5.74, 6) is 1.72. The molecule has 2 bridgehead atoms. The Hall–Kier alpha value is -1.35. The van der Waals surface area contributed by atoms with Crippen LogP contribution >= 0.6 is 0 Å². The van der Waals surface area contributed by atoms with Gasteiger partial charge in [0.15, 0.2) is 0 Å². The number of fused-ring (bicyclic) bond motifs is 2. The Kier molecular flexibility index (Phi) is 5.37. The Morgan fingerprint density at radius 3 is 2.43 bits per heavy atom. The maximum atomic E-state index is 12.4. The van der Waals surface area contributed by atoms with Crippen LogP contribution in [-0.2, 0) is 4.79 Å². The fourth-order valence-electron chi connectivity index (χ4n) is 4.34. The lowest BCUT2D eigenvalue weighted by Gasteiger charge is -2.29. The van der Waals surface area contributed by atoms with Crippen LogP contribution in [0.4, 0.5) is 0 Å². The van der Waals surface area contributed by atoms with Crippen LogP contribution in [0.15, 0.2) is 30.3 Å². The molecule has 126 valence electrons. The first-order valence-corrected chi connectivity index (χ1v) is 9.19. The quantitative estimate of drug-likeness (QED) is 0.844. The number of piperidine rings is 1. The first kappa shape index (κ1) is 16.5. The van der Waals surface area contributed by atoms with E-state index in [-0.39, 0.29) is 5.91 Å². The van der Waals surface area contributed by atoms with Gasteiger partial charge in [0, 0.05) is 31.0 Å². The van der Waals surface area contributed by atoms with Gasteiger partial charge >= 0.3 is 0 Å². The molecule has 3 rings (SSSR count). The van der Waals surface area contributed by atoms with Crippen molar-refractivity contribution in [1.29, 1.82) is 0 Å². The molecular weight excluding hydrogens is 284 g/mol. The zero-order valence-corrected chi connectivity index (χ0v) is 14.4. The third-order valence-electron chi connectivity index (χ3n) is 5.60. The van der Waals surface area contributed by atoms with Gasteiger partial charge in [-0.1, -0.05) is 44.2 Å². The van der Waals surface area contributed by atoms with E-state index in [1.807, 2.05) is 6.07 Å². The van der Waals surface area contributed by atoms with Gasteiger partial charge in [-0.15, -0.1) is 0 Å². The molecule has 2 aliphatic heterocycles. The summed E-state index contributed by atoms with van der Waals surface area (Å²) < 4.78 is 0. The van der Waals surface area contributed by atoms with Gasteiger partial charge in [0.05, 0.1) is 0 Å². The smallest absolute Gasteiger partial charge is 0.220 e. The Labute approximate surface area is 140 Å². The van der Waals surface area contributed by atoms with Gasteiger partial charge < -0.3 is 10.6 Å². The van der Waals surface area contributed by atoms with Crippen molar-refractivity contribution >= 4 is 5.91 Å². The van der Waals surface area contributed by atoms with Gasteiger partial charge in [-0.05, 0) is 43.1 Å². The zero-order valence-electron chi connectivity index (χ0n) is 14.4. The molecule has 0 radical (unpaired) electrons. The highest BCUT2D eigenvalue weighted by atomic mass is 16.1. The van der Waals surface area contributed by atoms with E-state index in [9.17, 15) is 4.79 Å². The lowest BCUT2D eigenvalue weighted by Crippen LogP contribution is -2.40. The summed E-state index contributed by atoms with van der Waals surface area (Å²) in [5, 5.41) is 6.85. The molecule has 2 fully saturated rings. The van der Waals surface area contributed by atoms with E-state index in [1.165, 1.54) is 31.2 Å². The van der Waals surface area contributed by atoms with Crippen LogP contribution in [0.5, 0.6) is 0 Å². The number of rotatable bonds is 6. The second-order valence-corrected chi connectivity index (χ2v) is 7.74. The van der Waals surface area contributed by atoms with Gasteiger partial charge in [0.25, 0.3) is 0 Å². The van der Waals surface area contributed by atoms with E-state index in [1.54, 1.807) is 0 Å². The summed E-state index contributed by atoms with van der Waals surface area (Å²) in [4.78, 5) is 12.4. The van der Waals surface area contributed by atoms with E-state index in [0.717, 1.165) is 6.54 Å². The Morgan fingerprint density at radius 1 is 1.17 bits per heavy atom. The monoisotopic (exact) mass is 314 g/mol. The molecule has 3 nitrogen and oxygen atoms in total. The highest BCUT2D eigenvalue weighted by Crippen LogP contribution is 2.32. The molecule has 23 heavy (non-hydrogen) atoms. The lowest BCUT2D eigenvalue weighted by molar-refractivity contribution is -0.122. The van der Waals surface area contributed by atoms with Crippen LogP contribution in [-0.4, -0.2) is 24.5 Å². The number of hydrogen-bond acceptors (Lipinski definition) is 2. The summed E-state index contributed by atoms with van der Waals surface area (Å²) in [7, 11) is 0. The van der Waals surface area contributed by atoms with Gasteiger partial charge in [-0.3, -0.25) is 4.79 Å². The second kappa shape index (κ2) is 7.48. The van der Waals surface area contributed by atoms with Gasteiger partial charge in [0.1, 0.15) is 0 Å². The summed E-state index contributed by atoms with van der Waals surface area (Å²) in [6, 6.07) is 11.9. The molecule has 2 heterocycles. The third kappa shape index (κ3) is 4.35. The Morgan fingerprint density at radius 2 is 1.83 bits per heavy atom. The summed E-state index contributed by atoms with van der Waals surface area (Å²) in [6.07, 6.45) is 5.65. The van der Waals surface area contributed by atoms with Crippen LogP contribution < -0.4 is 10.6 Å². The lowest BCUT2D eigenvalue weighted by atomic mass is 9.87. The normalized spacial score (nSPS) is 27.9. The Balaban J connectivity index is 1.49. The Bertz CT molecular complexity index is 502. The van der Waals surface area contributed by atoms with E-state index >= 15 is 0 Å². The van der Waals surface area contributed by atoms with Gasteiger partial charge in [-0.2, -0.15) is 0 Å². The average molecular weight is 314 g/mol. The van der Waals surface area contributed by atoms with Gasteiger partial charge in [-0.25, -0.2) is 0 Å². The number of nitrogens with one attached hydrogen (secondary N) is 2. The molecule has 3 unspecified atom stereocenters.